The predicted molar refractivity (Wildman–Crippen MR) is 275 cm³/mol. The van der Waals surface area contributed by atoms with E-state index in [1.165, 1.54) is 173 Å². The van der Waals surface area contributed by atoms with E-state index in [2.05, 4.69) is 50.3 Å². The summed E-state index contributed by atoms with van der Waals surface area (Å²) in [6.45, 7) is 4.67. The largest absolute Gasteiger partial charge is 0.477 e. The van der Waals surface area contributed by atoms with Gasteiger partial charge in [-0.2, -0.15) is 0 Å². The topological polar surface area (TPSA) is 99.1 Å². The number of carbonyl (C=O) groups excluding carboxylic acids is 2. The fourth-order valence-electron chi connectivity index (χ4n) is 8.30. The van der Waals surface area contributed by atoms with Gasteiger partial charge in [-0.05, 0) is 64.2 Å². The van der Waals surface area contributed by atoms with Gasteiger partial charge in [0.05, 0.1) is 34.4 Å². The van der Waals surface area contributed by atoms with Crippen LogP contribution in [0, 0.1) is 0 Å². The standard InChI is InChI=1S/C57H105NO7/c1-6-8-10-12-14-16-18-20-22-24-26-28-30-31-33-35-37-39-41-43-45-47-55(59)64-52-53(51-63-50-49-54(57(61)62)58(3,4)5)65-56(60)48-46-44-42-40-38-36-34-32-29-27-25-23-21-19-17-15-13-11-9-7-2/h8,10,14,16,27,29,53-54H,6-7,9,11-13,15,17-26,28,30-52H2,1-5H3/p+1/b10-8+,16-14+,29-27+. The van der Waals surface area contributed by atoms with Gasteiger partial charge in [0.1, 0.15) is 6.61 Å². The number of carbonyl (C=O) groups is 3. The predicted octanol–water partition coefficient (Wildman–Crippen LogP) is 16.1. The van der Waals surface area contributed by atoms with Gasteiger partial charge < -0.3 is 23.8 Å². The molecule has 2 atom stereocenters. The van der Waals surface area contributed by atoms with Crippen molar-refractivity contribution in [3.63, 3.8) is 0 Å². The smallest absolute Gasteiger partial charge is 0.362 e. The van der Waals surface area contributed by atoms with Crippen molar-refractivity contribution in [3.8, 4) is 0 Å². The number of unbranched alkanes of at least 4 members (excludes halogenated alkanes) is 30. The van der Waals surface area contributed by atoms with E-state index in [0.717, 1.165) is 51.4 Å². The zero-order valence-electron chi connectivity index (χ0n) is 43.5. The lowest BCUT2D eigenvalue weighted by atomic mass is 10.0. The Kier molecular flexibility index (Phi) is 46.2. The zero-order chi connectivity index (χ0) is 47.7. The Morgan fingerprint density at radius 3 is 1.28 bits per heavy atom. The number of esters is 2. The molecule has 0 spiro atoms. The molecule has 8 nitrogen and oxygen atoms in total. The first kappa shape index (κ1) is 62.5. The Balaban J connectivity index is 4.18. The first-order valence-corrected chi connectivity index (χ1v) is 27.5. The van der Waals surface area contributed by atoms with Gasteiger partial charge in [0.25, 0.3) is 0 Å². The summed E-state index contributed by atoms with van der Waals surface area (Å²) in [7, 11) is 5.55. The van der Waals surface area contributed by atoms with E-state index in [-0.39, 0.29) is 36.2 Å². The summed E-state index contributed by atoms with van der Waals surface area (Å²) in [6, 6.07) is -0.615. The minimum atomic E-state index is -0.873. The van der Waals surface area contributed by atoms with Crippen LogP contribution in [0.4, 0.5) is 0 Å². The minimum Gasteiger partial charge on any atom is -0.477 e. The lowest BCUT2D eigenvalue weighted by Gasteiger charge is -2.31. The average Bonchev–Trinajstić information content (AvgIpc) is 3.27. The number of rotatable bonds is 50. The van der Waals surface area contributed by atoms with Crippen molar-refractivity contribution in [2.45, 2.75) is 270 Å². The van der Waals surface area contributed by atoms with Crippen LogP contribution in [0.5, 0.6) is 0 Å². The van der Waals surface area contributed by atoms with E-state index in [1.807, 2.05) is 21.1 Å². The average molecular weight is 917 g/mol. The summed E-state index contributed by atoms with van der Waals surface area (Å²) >= 11 is 0. The number of likely N-dealkylation sites (N-methyl/N-ethyl adjacent to an activating group) is 1. The number of carboxylic acids is 1. The van der Waals surface area contributed by atoms with E-state index >= 15 is 0 Å². The second-order valence-electron chi connectivity index (χ2n) is 19.8. The van der Waals surface area contributed by atoms with Crippen LogP contribution in [-0.4, -0.2) is 80.6 Å². The van der Waals surface area contributed by atoms with Crippen LogP contribution in [0.15, 0.2) is 36.5 Å². The molecule has 0 fully saturated rings. The molecule has 0 amide bonds. The third-order valence-corrected chi connectivity index (χ3v) is 12.5. The van der Waals surface area contributed by atoms with Crippen molar-refractivity contribution in [2.24, 2.45) is 0 Å². The van der Waals surface area contributed by atoms with Crippen molar-refractivity contribution in [1.29, 1.82) is 0 Å². The molecule has 380 valence electrons. The number of carboxylic acid groups (broad SMARTS) is 1. The molecule has 0 aromatic heterocycles. The minimum absolute atomic E-state index is 0.0499. The normalized spacial score (nSPS) is 13.1. The fourth-order valence-corrected chi connectivity index (χ4v) is 8.30. The highest BCUT2D eigenvalue weighted by Gasteiger charge is 2.31. The van der Waals surface area contributed by atoms with Gasteiger partial charge in [0.15, 0.2) is 12.1 Å². The van der Waals surface area contributed by atoms with Crippen molar-refractivity contribution in [2.75, 3.05) is 41.0 Å². The van der Waals surface area contributed by atoms with Gasteiger partial charge in [-0.1, -0.05) is 211 Å². The Hall–Kier alpha value is -2.45. The fraction of sp³-hybridized carbons (Fsp3) is 0.842. The molecule has 65 heavy (non-hydrogen) atoms. The monoisotopic (exact) mass is 917 g/mol. The third-order valence-electron chi connectivity index (χ3n) is 12.5. The molecule has 1 N–H and O–H groups in total. The molecule has 0 saturated carbocycles. The quantitative estimate of drug-likeness (QED) is 0.0281. The maximum absolute atomic E-state index is 12.8. The maximum atomic E-state index is 12.8. The van der Waals surface area contributed by atoms with E-state index in [9.17, 15) is 19.5 Å². The summed E-state index contributed by atoms with van der Waals surface area (Å²) in [6.07, 6.45) is 57.7. The second kappa shape index (κ2) is 48.0. The molecule has 0 bridgehead atoms. The van der Waals surface area contributed by atoms with Crippen LogP contribution >= 0.6 is 0 Å². The van der Waals surface area contributed by atoms with Gasteiger partial charge in [-0.25, -0.2) is 4.79 Å². The summed E-state index contributed by atoms with van der Waals surface area (Å²) in [5.41, 5.74) is 0. The van der Waals surface area contributed by atoms with Crippen LogP contribution in [-0.2, 0) is 28.6 Å². The summed E-state index contributed by atoms with van der Waals surface area (Å²) in [5, 5.41) is 9.67. The number of nitrogens with zero attached hydrogens (tertiary/aromatic N) is 1. The highest BCUT2D eigenvalue weighted by Crippen LogP contribution is 2.16. The van der Waals surface area contributed by atoms with Crippen molar-refractivity contribution >= 4 is 17.9 Å². The van der Waals surface area contributed by atoms with Crippen LogP contribution in [0.25, 0.3) is 0 Å². The molecule has 0 heterocycles. The Bertz CT molecular complexity index is 1160. The molecule has 8 heteroatoms. The van der Waals surface area contributed by atoms with E-state index < -0.39 is 18.1 Å². The number of hydrogen-bond donors (Lipinski definition) is 1. The zero-order valence-corrected chi connectivity index (χ0v) is 43.5. The van der Waals surface area contributed by atoms with Crippen molar-refractivity contribution < 1.29 is 38.2 Å². The highest BCUT2D eigenvalue weighted by atomic mass is 16.6. The van der Waals surface area contributed by atoms with Crippen LogP contribution in [0.2, 0.25) is 0 Å². The molecule has 0 saturated heterocycles. The molecular weight excluding hydrogens is 811 g/mol. The number of allylic oxidation sites excluding steroid dienone is 6. The van der Waals surface area contributed by atoms with Crippen molar-refractivity contribution in [1.82, 2.24) is 0 Å². The van der Waals surface area contributed by atoms with E-state index in [1.54, 1.807) is 0 Å². The molecule has 0 radical (unpaired) electrons. The number of ether oxygens (including phenoxy) is 3. The third kappa shape index (κ3) is 46.4. The summed E-state index contributed by atoms with van der Waals surface area (Å²) < 4.78 is 17.4. The maximum Gasteiger partial charge on any atom is 0.362 e. The van der Waals surface area contributed by atoms with Gasteiger partial charge >= 0.3 is 17.9 Å². The molecule has 0 aliphatic heterocycles. The lowest BCUT2D eigenvalue weighted by molar-refractivity contribution is -0.887. The van der Waals surface area contributed by atoms with Gasteiger partial charge in [-0.3, -0.25) is 9.59 Å². The first-order valence-electron chi connectivity index (χ1n) is 27.5. The molecule has 0 aliphatic carbocycles. The Morgan fingerprint density at radius 2 is 0.862 bits per heavy atom. The number of hydrogen-bond acceptors (Lipinski definition) is 6. The van der Waals surface area contributed by atoms with Gasteiger partial charge in [-0.15, -0.1) is 0 Å². The van der Waals surface area contributed by atoms with Gasteiger partial charge in [0.2, 0.25) is 0 Å². The van der Waals surface area contributed by atoms with E-state index in [4.69, 9.17) is 14.2 Å². The molecular formula is C57H106NO7+. The SMILES string of the molecule is CC/C=C/C/C=C/CCCCCCCCCCCCCCCCC(=O)OCC(COCCC(C(=O)O)[N+](C)(C)C)OC(=O)CCCCCCCCC/C=C/CCCCCCCCCCC. The van der Waals surface area contributed by atoms with Crippen LogP contribution in [0.1, 0.15) is 258 Å². The highest BCUT2D eigenvalue weighted by molar-refractivity contribution is 5.72. The Morgan fingerprint density at radius 1 is 0.477 bits per heavy atom. The number of quaternary nitrogens is 1. The second-order valence-corrected chi connectivity index (χ2v) is 19.8. The molecule has 2 unspecified atom stereocenters. The lowest BCUT2D eigenvalue weighted by Crippen LogP contribution is -2.50. The van der Waals surface area contributed by atoms with Crippen LogP contribution in [0.3, 0.4) is 0 Å². The van der Waals surface area contributed by atoms with Gasteiger partial charge in [0, 0.05) is 19.3 Å². The van der Waals surface area contributed by atoms with Crippen LogP contribution < -0.4 is 0 Å². The van der Waals surface area contributed by atoms with Crippen molar-refractivity contribution in [3.05, 3.63) is 36.5 Å². The summed E-state index contributed by atoms with van der Waals surface area (Å²) in [5.74, 6) is -1.46. The summed E-state index contributed by atoms with van der Waals surface area (Å²) in [4.78, 5) is 37.2. The Labute approximate surface area is 402 Å². The number of aliphatic carboxylic acids is 1. The molecule has 0 rings (SSSR count). The van der Waals surface area contributed by atoms with E-state index in [0.29, 0.717) is 19.3 Å². The molecule has 0 aromatic carbocycles. The molecule has 0 aliphatic rings. The first-order chi connectivity index (χ1) is 31.6. The molecule has 0 aromatic rings.